The number of fused-ring (bicyclic) bond motifs is 1. The van der Waals surface area contributed by atoms with Gasteiger partial charge in [-0.2, -0.15) is 18.3 Å². The fourth-order valence-electron chi connectivity index (χ4n) is 3.42. The summed E-state index contributed by atoms with van der Waals surface area (Å²) in [5.74, 6) is -2.23. The first kappa shape index (κ1) is 22.6. The number of alkyl halides is 3. The van der Waals surface area contributed by atoms with Gasteiger partial charge in [0.25, 0.3) is 5.91 Å². The molecule has 31 heavy (non-hydrogen) atoms. The van der Waals surface area contributed by atoms with Crippen molar-refractivity contribution in [2.75, 3.05) is 26.0 Å². The van der Waals surface area contributed by atoms with Crippen molar-refractivity contribution in [3.8, 4) is 0 Å². The molecule has 1 aromatic carbocycles. The highest BCUT2D eigenvalue weighted by atomic mass is 19.4. The molecule has 0 aliphatic carbocycles. The number of nitrogens with one attached hydrogen (secondary N) is 3. The van der Waals surface area contributed by atoms with Crippen molar-refractivity contribution >= 4 is 17.6 Å². The second-order valence-corrected chi connectivity index (χ2v) is 7.46. The monoisotopic (exact) mass is 438 g/mol. The van der Waals surface area contributed by atoms with Crippen molar-refractivity contribution < 1.29 is 22.8 Å². The maximum Gasteiger partial charge on any atom is 0.398 e. The second kappa shape index (κ2) is 8.96. The lowest BCUT2D eigenvalue weighted by atomic mass is 9.95. The normalized spacial score (nSPS) is 15.9. The molecule has 0 saturated carbocycles. The van der Waals surface area contributed by atoms with Crippen molar-refractivity contribution in [2.24, 2.45) is 0 Å². The van der Waals surface area contributed by atoms with Crippen LogP contribution in [0.4, 0.5) is 23.7 Å². The largest absolute Gasteiger partial charge is 0.398 e. The molecule has 1 aliphatic heterocycles. The maximum absolute atomic E-state index is 13.5. The number of urea groups is 1. The number of aromatic nitrogens is 2. The summed E-state index contributed by atoms with van der Waals surface area (Å²) in [6, 6.07) is 6.63. The van der Waals surface area contributed by atoms with Crippen LogP contribution in [-0.2, 0) is 19.6 Å². The molecular weight excluding hydrogens is 413 g/mol. The zero-order valence-electron chi connectivity index (χ0n) is 17.5. The summed E-state index contributed by atoms with van der Waals surface area (Å²) >= 11 is 0. The molecule has 2 aromatic rings. The van der Waals surface area contributed by atoms with Gasteiger partial charge in [0.2, 0.25) is 0 Å². The Kier molecular flexibility index (Phi) is 6.54. The third kappa shape index (κ3) is 4.98. The van der Waals surface area contributed by atoms with Crippen LogP contribution in [0.15, 0.2) is 24.3 Å². The Morgan fingerprint density at radius 3 is 2.52 bits per heavy atom. The molecule has 0 saturated heterocycles. The van der Waals surface area contributed by atoms with E-state index in [1.807, 2.05) is 0 Å². The van der Waals surface area contributed by atoms with Gasteiger partial charge in [-0.05, 0) is 24.6 Å². The fourth-order valence-corrected chi connectivity index (χ4v) is 3.42. The van der Waals surface area contributed by atoms with Gasteiger partial charge in [-0.3, -0.25) is 9.48 Å². The van der Waals surface area contributed by atoms with Gasteiger partial charge in [0.1, 0.15) is 5.92 Å². The third-order valence-corrected chi connectivity index (χ3v) is 5.05. The van der Waals surface area contributed by atoms with Crippen LogP contribution in [0.5, 0.6) is 0 Å². The number of hydrogen-bond acceptors (Lipinski definition) is 4. The number of carbonyl (C=O) groups excluding carboxylic acids is 2. The van der Waals surface area contributed by atoms with E-state index in [0.717, 1.165) is 5.56 Å². The zero-order valence-corrected chi connectivity index (χ0v) is 17.5. The summed E-state index contributed by atoms with van der Waals surface area (Å²) in [4.78, 5) is 25.8. The molecule has 3 rings (SSSR count). The van der Waals surface area contributed by atoms with Crippen LogP contribution in [0.1, 0.15) is 40.2 Å². The average Bonchev–Trinajstić information content (AvgIpc) is 3.11. The molecule has 0 fully saturated rings. The second-order valence-electron chi connectivity index (χ2n) is 7.46. The number of halogens is 3. The molecule has 168 valence electrons. The number of aryl methyl sites for hydroxylation is 1. The van der Waals surface area contributed by atoms with Gasteiger partial charge < -0.3 is 20.9 Å². The van der Waals surface area contributed by atoms with E-state index in [0.29, 0.717) is 5.69 Å². The molecule has 1 unspecified atom stereocenters. The summed E-state index contributed by atoms with van der Waals surface area (Å²) in [6.45, 7) is 2.03. The zero-order chi connectivity index (χ0) is 22.8. The Bertz CT molecular complexity index is 953. The molecule has 1 aliphatic rings. The van der Waals surface area contributed by atoms with Gasteiger partial charge >= 0.3 is 12.2 Å². The quantitative estimate of drug-likeness (QED) is 0.670. The Balaban J connectivity index is 1.72. The predicted molar refractivity (Wildman–Crippen MR) is 109 cm³/mol. The van der Waals surface area contributed by atoms with Gasteiger partial charge in [0.15, 0.2) is 5.69 Å². The summed E-state index contributed by atoms with van der Waals surface area (Å²) in [7, 11) is 3.26. The standard InChI is InChI=1S/C20H25F3N6O2/c1-4-29-17-14(10-24-11-15(17)20(21,22)23)16(27-29)18(30)25-9-12-5-7-13(8-6-12)26-19(31)28(2)3/h5-8,15,24H,4,9-11H2,1-3H3,(H,25,30)(H,26,31). The molecule has 11 heteroatoms. The molecule has 2 heterocycles. The van der Waals surface area contributed by atoms with E-state index in [2.05, 4.69) is 21.0 Å². The highest BCUT2D eigenvalue weighted by Gasteiger charge is 2.46. The Labute approximate surface area is 177 Å². The van der Waals surface area contributed by atoms with Crippen molar-refractivity contribution in [3.63, 3.8) is 0 Å². The molecule has 3 amide bonds. The fraction of sp³-hybridized carbons (Fsp3) is 0.450. The maximum atomic E-state index is 13.5. The lowest BCUT2D eigenvalue weighted by Crippen LogP contribution is -2.38. The minimum Gasteiger partial charge on any atom is -0.347 e. The molecule has 3 N–H and O–H groups in total. The molecule has 0 spiro atoms. The third-order valence-electron chi connectivity index (χ3n) is 5.05. The molecule has 1 aromatic heterocycles. The van der Waals surface area contributed by atoms with Crippen LogP contribution in [-0.4, -0.2) is 53.4 Å². The van der Waals surface area contributed by atoms with Crippen LogP contribution in [0, 0.1) is 0 Å². The van der Waals surface area contributed by atoms with E-state index in [1.54, 1.807) is 45.3 Å². The number of anilines is 1. The van der Waals surface area contributed by atoms with E-state index < -0.39 is 18.0 Å². The molecular formula is C20H25F3N6O2. The summed E-state index contributed by atoms with van der Waals surface area (Å²) < 4.78 is 41.7. The van der Waals surface area contributed by atoms with Gasteiger partial charge in [-0.15, -0.1) is 0 Å². The van der Waals surface area contributed by atoms with E-state index in [9.17, 15) is 22.8 Å². The van der Waals surface area contributed by atoms with E-state index >= 15 is 0 Å². The first-order valence-electron chi connectivity index (χ1n) is 9.84. The van der Waals surface area contributed by atoms with Gasteiger partial charge in [0.05, 0.1) is 5.69 Å². The average molecular weight is 438 g/mol. The molecule has 0 radical (unpaired) electrons. The van der Waals surface area contributed by atoms with E-state index in [1.165, 1.54) is 9.58 Å². The van der Waals surface area contributed by atoms with E-state index in [-0.39, 0.29) is 49.2 Å². The number of rotatable bonds is 5. The number of hydrogen-bond donors (Lipinski definition) is 3. The lowest BCUT2D eigenvalue weighted by molar-refractivity contribution is -0.152. The van der Waals surface area contributed by atoms with Crippen LogP contribution in [0.25, 0.3) is 0 Å². The van der Waals surface area contributed by atoms with Crippen LogP contribution >= 0.6 is 0 Å². The molecule has 1 atom stereocenters. The summed E-state index contributed by atoms with van der Waals surface area (Å²) in [6.07, 6.45) is -4.42. The molecule has 8 nitrogen and oxygen atoms in total. The highest BCUT2D eigenvalue weighted by molar-refractivity contribution is 5.94. The number of carbonyl (C=O) groups is 2. The Morgan fingerprint density at radius 1 is 1.26 bits per heavy atom. The van der Waals surface area contributed by atoms with Crippen molar-refractivity contribution in [2.45, 2.75) is 38.7 Å². The number of nitrogens with zero attached hydrogens (tertiary/aromatic N) is 3. The Morgan fingerprint density at radius 2 is 1.94 bits per heavy atom. The van der Waals surface area contributed by atoms with Crippen LogP contribution < -0.4 is 16.0 Å². The highest BCUT2D eigenvalue weighted by Crippen LogP contribution is 2.39. The van der Waals surface area contributed by atoms with Gasteiger partial charge in [-0.1, -0.05) is 12.1 Å². The first-order valence-corrected chi connectivity index (χ1v) is 9.84. The minimum absolute atomic E-state index is 0.00756. The SMILES string of the molecule is CCn1nc(C(=O)NCc2ccc(NC(=O)N(C)C)cc2)c2c1C(C(F)(F)F)CNC2. The summed E-state index contributed by atoms with van der Waals surface area (Å²) in [5.41, 5.74) is 1.72. The summed E-state index contributed by atoms with van der Waals surface area (Å²) in [5, 5.41) is 12.3. The number of benzene rings is 1. The Hall–Kier alpha value is -3.08. The van der Waals surface area contributed by atoms with Gasteiger partial charge in [0, 0.05) is 51.5 Å². The van der Waals surface area contributed by atoms with E-state index in [4.69, 9.17) is 0 Å². The predicted octanol–water partition coefficient (Wildman–Crippen LogP) is 2.68. The van der Waals surface area contributed by atoms with Crippen molar-refractivity contribution in [3.05, 3.63) is 46.8 Å². The van der Waals surface area contributed by atoms with Crippen LogP contribution in [0.3, 0.4) is 0 Å². The first-order chi connectivity index (χ1) is 14.6. The topological polar surface area (TPSA) is 91.3 Å². The number of amides is 3. The molecule has 0 bridgehead atoms. The van der Waals surface area contributed by atoms with Gasteiger partial charge in [-0.25, -0.2) is 4.79 Å². The minimum atomic E-state index is -4.42. The smallest absolute Gasteiger partial charge is 0.347 e. The lowest BCUT2D eigenvalue weighted by Gasteiger charge is -2.27. The van der Waals surface area contributed by atoms with Crippen LogP contribution in [0.2, 0.25) is 0 Å². The van der Waals surface area contributed by atoms with Crippen molar-refractivity contribution in [1.82, 2.24) is 25.3 Å². The van der Waals surface area contributed by atoms with Crippen molar-refractivity contribution in [1.29, 1.82) is 0 Å².